The third-order valence-corrected chi connectivity index (χ3v) is 8.54. The minimum Gasteiger partial charge on any atom is -0.497 e. The minimum absolute atomic E-state index is 0.00540. The smallest absolute Gasteiger partial charge is 0.323 e. The molecule has 0 saturated carbocycles. The van der Waals surface area contributed by atoms with Gasteiger partial charge in [-0.1, -0.05) is 35.9 Å². The van der Waals surface area contributed by atoms with Crippen LogP contribution in [0.2, 0.25) is 5.02 Å². The molecule has 0 amide bonds. The molecule has 1 aliphatic rings. The molecule has 12 heteroatoms. The Labute approximate surface area is 197 Å². The van der Waals surface area contributed by atoms with Crippen molar-refractivity contribution in [2.45, 2.75) is 29.2 Å². The highest BCUT2D eigenvalue weighted by Crippen LogP contribution is 2.25. The number of hydrogen-bond donors (Lipinski definition) is 2. The van der Waals surface area contributed by atoms with E-state index in [0.717, 1.165) is 4.31 Å². The number of sulfonamides is 2. The largest absolute Gasteiger partial charge is 0.497 e. The molecule has 0 aliphatic carbocycles. The molecule has 178 valence electrons. The van der Waals surface area contributed by atoms with Crippen LogP contribution in [0.5, 0.6) is 5.75 Å². The molecule has 1 heterocycles. The summed E-state index contributed by atoms with van der Waals surface area (Å²) in [5.74, 6) is -1.44. The van der Waals surface area contributed by atoms with E-state index >= 15 is 0 Å². The fraction of sp³-hybridized carbons (Fsp3) is 0.286. The number of nitrogens with one attached hydrogen (secondary N) is 1. The standard InChI is InChI=1S/C21H23ClN2O7S2/c1-31-17-9-11-18(12-10-17)33(29,30)24-13-3-2-4-19(20(24)21(25)26)23-32(27,28)14-15-5-7-16(22)8-6-15/h2-3,5-12,19-20,23H,4,13-14H2,1H3,(H,25,26). The van der Waals surface area contributed by atoms with E-state index in [2.05, 4.69) is 4.72 Å². The van der Waals surface area contributed by atoms with Gasteiger partial charge in [-0.2, -0.15) is 4.31 Å². The first kappa shape index (κ1) is 25.2. The van der Waals surface area contributed by atoms with Crippen LogP contribution in [0.25, 0.3) is 0 Å². The second-order valence-corrected chi connectivity index (χ2v) is 11.4. The summed E-state index contributed by atoms with van der Waals surface area (Å²) < 4.78 is 60.4. The van der Waals surface area contributed by atoms with Gasteiger partial charge in [-0.25, -0.2) is 21.6 Å². The molecule has 0 aromatic heterocycles. The molecule has 1 aliphatic heterocycles. The van der Waals surface area contributed by atoms with Crippen molar-refractivity contribution in [1.82, 2.24) is 9.03 Å². The van der Waals surface area contributed by atoms with Crippen molar-refractivity contribution in [2.75, 3.05) is 13.7 Å². The van der Waals surface area contributed by atoms with E-state index in [9.17, 15) is 26.7 Å². The zero-order valence-electron chi connectivity index (χ0n) is 17.6. The van der Waals surface area contributed by atoms with Crippen LogP contribution in [-0.4, -0.2) is 58.0 Å². The van der Waals surface area contributed by atoms with Crippen LogP contribution in [0, 0.1) is 0 Å². The van der Waals surface area contributed by atoms with Crippen molar-refractivity contribution in [1.29, 1.82) is 0 Å². The third kappa shape index (κ3) is 6.12. The number of carboxylic acids is 1. The summed E-state index contributed by atoms with van der Waals surface area (Å²) in [5.41, 5.74) is 0.450. The van der Waals surface area contributed by atoms with Gasteiger partial charge in [0.05, 0.1) is 23.8 Å². The lowest BCUT2D eigenvalue weighted by molar-refractivity contribution is -0.142. The van der Waals surface area contributed by atoms with Crippen LogP contribution in [0.3, 0.4) is 0 Å². The molecular formula is C21H23ClN2O7S2. The van der Waals surface area contributed by atoms with Crippen LogP contribution in [0.1, 0.15) is 12.0 Å². The van der Waals surface area contributed by atoms with Gasteiger partial charge in [-0.15, -0.1) is 0 Å². The number of rotatable bonds is 8. The summed E-state index contributed by atoms with van der Waals surface area (Å²) >= 11 is 5.83. The Morgan fingerprint density at radius 1 is 1.09 bits per heavy atom. The summed E-state index contributed by atoms with van der Waals surface area (Å²) in [7, 11) is -6.83. The van der Waals surface area contributed by atoms with E-state index < -0.39 is 43.9 Å². The van der Waals surface area contributed by atoms with Crippen molar-refractivity contribution in [3.8, 4) is 5.75 Å². The average Bonchev–Trinajstić information content (AvgIpc) is 2.97. The van der Waals surface area contributed by atoms with Crippen molar-refractivity contribution >= 4 is 37.6 Å². The quantitative estimate of drug-likeness (QED) is 0.516. The first-order chi connectivity index (χ1) is 15.5. The highest BCUT2D eigenvalue weighted by atomic mass is 35.5. The van der Waals surface area contributed by atoms with E-state index in [1.165, 1.54) is 37.5 Å². The predicted molar refractivity (Wildman–Crippen MR) is 123 cm³/mol. The van der Waals surface area contributed by atoms with Crippen LogP contribution < -0.4 is 9.46 Å². The summed E-state index contributed by atoms with van der Waals surface area (Å²) in [6.45, 7) is -0.221. The fourth-order valence-corrected chi connectivity index (χ4v) is 6.57. The van der Waals surface area contributed by atoms with Gasteiger partial charge in [0.15, 0.2) is 0 Å². The molecule has 2 unspecified atom stereocenters. The number of aliphatic carboxylic acids is 1. The fourth-order valence-electron chi connectivity index (χ4n) is 3.48. The molecule has 2 aromatic carbocycles. The summed E-state index contributed by atoms with van der Waals surface area (Å²) in [6.07, 6.45) is 3.07. The van der Waals surface area contributed by atoms with Gasteiger partial charge in [0, 0.05) is 11.6 Å². The maximum Gasteiger partial charge on any atom is 0.323 e. The van der Waals surface area contributed by atoms with Crippen LogP contribution in [0.15, 0.2) is 65.6 Å². The molecule has 0 saturated heterocycles. The van der Waals surface area contributed by atoms with Crippen molar-refractivity contribution in [2.24, 2.45) is 0 Å². The highest BCUT2D eigenvalue weighted by Gasteiger charge is 2.42. The van der Waals surface area contributed by atoms with Crippen LogP contribution in [-0.2, 0) is 30.6 Å². The Kier molecular flexibility index (Phi) is 7.80. The summed E-state index contributed by atoms with van der Waals surface area (Å²) in [5, 5.41) is 10.4. The molecule has 9 nitrogen and oxygen atoms in total. The molecule has 0 spiro atoms. The lowest BCUT2D eigenvalue weighted by Crippen LogP contribution is -2.56. The van der Waals surface area contributed by atoms with Crippen LogP contribution in [0.4, 0.5) is 0 Å². The Balaban J connectivity index is 1.91. The van der Waals surface area contributed by atoms with Crippen molar-refractivity contribution in [3.63, 3.8) is 0 Å². The molecule has 33 heavy (non-hydrogen) atoms. The summed E-state index contributed by atoms with van der Waals surface area (Å²) in [6, 6.07) is 8.81. The Morgan fingerprint density at radius 2 is 1.73 bits per heavy atom. The van der Waals surface area contributed by atoms with Crippen molar-refractivity contribution < 1.29 is 31.5 Å². The van der Waals surface area contributed by atoms with Gasteiger partial charge in [-0.05, 0) is 48.4 Å². The number of halogens is 1. The normalized spacial score (nSPS) is 19.7. The maximum atomic E-state index is 13.3. The molecule has 3 rings (SSSR count). The number of nitrogens with zero attached hydrogens (tertiary/aromatic N) is 1. The van der Waals surface area contributed by atoms with Crippen LogP contribution >= 0.6 is 11.6 Å². The first-order valence-corrected chi connectivity index (χ1v) is 13.3. The molecule has 0 fully saturated rings. The van der Waals surface area contributed by atoms with E-state index in [-0.39, 0.29) is 17.9 Å². The lowest BCUT2D eigenvalue weighted by Gasteiger charge is -2.31. The maximum absolute atomic E-state index is 13.3. The average molecular weight is 515 g/mol. The Bertz CT molecular complexity index is 1230. The highest BCUT2D eigenvalue weighted by molar-refractivity contribution is 7.89. The molecular weight excluding hydrogens is 492 g/mol. The monoisotopic (exact) mass is 514 g/mol. The first-order valence-electron chi connectivity index (χ1n) is 9.81. The number of carbonyl (C=O) groups is 1. The third-order valence-electron chi connectivity index (χ3n) is 5.05. The molecule has 2 atom stereocenters. The predicted octanol–water partition coefficient (Wildman–Crippen LogP) is 2.24. The van der Waals surface area contributed by atoms with Gasteiger partial charge in [0.1, 0.15) is 11.8 Å². The zero-order valence-corrected chi connectivity index (χ0v) is 20.0. The van der Waals surface area contributed by atoms with E-state index in [1.807, 2.05) is 0 Å². The number of benzene rings is 2. The number of hydrogen-bond acceptors (Lipinski definition) is 6. The molecule has 0 bridgehead atoms. The van der Waals surface area contributed by atoms with Crippen molar-refractivity contribution in [3.05, 3.63) is 71.3 Å². The van der Waals surface area contributed by atoms with E-state index in [4.69, 9.17) is 16.3 Å². The summed E-state index contributed by atoms with van der Waals surface area (Å²) in [4.78, 5) is 12.1. The van der Waals surface area contributed by atoms with Gasteiger partial charge in [0.2, 0.25) is 20.0 Å². The van der Waals surface area contributed by atoms with Gasteiger partial charge >= 0.3 is 5.97 Å². The van der Waals surface area contributed by atoms with E-state index in [0.29, 0.717) is 16.3 Å². The molecule has 2 N–H and O–H groups in total. The number of carboxylic acid groups (broad SMARTS) is 1. The minimum atomic E-state index is -4.26. The second-order valence-electron chi connectivity index (χ2n) is 7.35. The molecule has 2 aromatic rings. The molecule has 0 radical (unpaired) electrons. The second kappa shape index (κ2) is 10.2. The SMILES string of the molecule is COc1ccc(S(=O)(=O)N2CC=CCC(NS(=O)(=O)Cc3ccc(Cl)cc3)C2C(=O)O)cc1. The van der Waals surface area contributed by atoms with Gasteiger partial charge in [0.25, 0.3) is 0 Å². The van der Waals surface area contributed by atoms with E-state index in [1.54, 1.807) is 30.3 Å². The Hall–Kier alpha value is -2.44. The zero-order chi connectivity index (χ0) is 24.2. The number of methoxy groups -OCH3 is 1. The Morgan fingerprint density at radius 3 is 2.30 bits per heavy atom. The number of ether oxygens (including phenoxy) is 1. The van der Waals surface area contributed by atoms with Gasteiger partial charge in [-0.3, -0.25) is 4.79 Å². The topological polar surface area (TPSA) is 130 Å². The lowest BCUT2D eigenvalue weighted by atomic mass is 10.1. The van der Waals surface area contributed by atoms with Gasteiger partial charge < -0.3 is 9.84 Å².